The minimum atomic E-state index is -0.311. The van der Waals surface area contributed by atoms with Gasteiger partial charge in [0.2, 0.25) is 0 Å². The van der Waals surface area contributed by atoms with Crippen molar-refractivity contribution in [2.45, 2.75) is 0 Å². The number of nitrogens with zero attached hydrogens (tertiary/aromatic N) is 3. The molecule has 0 unspecified atom stereocenters. The van der Waals surface area contributed by atoms with Crippen molar-refractivity contribution in [1.29, 1.82) is 0 Å². The second-order valence-electron chi connectivity index (χ2n) is 6.20. The molecule has 0 fully saturated rings. The summed E-state index contributed by atoms with van der Waals surface area (Å²) in [7, 11) is 1.61. The number of benzene rings is 3. The van der Waals surface area contributed by atoms with E-state index in [1.165, 1.54) is 11.3 Å². The van der Waals surface area contributed by atoms with Crippen molar-refractivity contribution in [3.63, 3.8) is 0 Å². The van der Waals surface area contributed by atoms with E-state index in [0.717, 1.165) is 16.7 Å². The summed E-state index contributed by atoms with van der Waals surface area (Å²) in [5.74, 6) is -0.311. The summed E-state index contributed by atoms with van der Waals surface area (Å²) in [5.41, 5.74) is 4.03. The molecular formula is C24H22N4O. The zero-order chi connectivity index (χ0) is 20.5. The average Bonchev–Trinajstić information content (AvgIpc) is 2.77. The third-order valence-electron chi connectivity index (χ3n) is 4.19. The molecule has 0 aliphatic carbocycles. The van der Waals surface area contributed by atoms with Crippen LogP contribution in [0.4, 0.5) is 5.69 Å². The lowest BCUT2D eigenvalue weighted by atomic mass is 10.0. The summed E-state index contributed by atoms with van der Waals surface area (Å²) in [6.45, 7) is 3.56. The maximum atomic E-state index is 13.0. The number of aliphatic imine (C=N–C) groups is 1. The molecule has 1 N–H and O–H groups in total. The number of para-hydroxylation sites is 1. The van der Waals surface area contributed by atoms with Crippen molar-refractivity contribution in [2.24, 2.45) is 10.1 Å². The standard InChI is InChI=1S/C24H22N4O/c1-25-18-28(26-2)23(24(29)27-22-14-7-4-8-15-22)17-19-10-9-13-21(16-19)20-11-5-3-6-12-20/h3-18H,2H2,1H3,(H,27,29)/b23-17-,25-18?. The molecule has 5 heteroatoms. The van der Waals surface area contributed by atoms with Gasteiger partial charge < -0.3 is 5.32 Å². The Hall–Kier alpha value is -3.99. The van der Waals surface area contributed by atoms with Crippen LogP contribution in [-0.2, 0) is 4.79 Å². The highest BCUT2D eigenvalue weighted by Gasteiger charge is 2.16. The van der Waals surface area contributed by atoms with Gasteiger partial charge in [-0.25, -0.2) is 5.01 Å². The first-order chi connectivity index (χ1) is 14.2. The second-order valence-corrected chi connectivity index (χ2v) is 6.20. The van der Waals surface area contributed by atoms with Crippen LogP contribution in [0.15, 0.2) is 101 Å². The molecule has 0 atom stereocenters. The smallest absolute Gasteiger partial charge is 0.274 e. The lowest BCUT2D eigenvalue weighted by Gasteiger charge is -2.17. The van der Waals surface area contributed by atoms with Crippen molar-refractivity contribution < 1.29 is 4.79 Å². The van der Waals surface area contributed by atoms with Gasteiger partial charge in [-0.1, -0.05) is 66.7 Å². The van der Waals surface area contributed by atoms with Gasteiger partial charge in [-0.05, 0) is 41.0 Å². The van der Waals surface area contributed by atoms with Crippen LogP contribution in [0.25, 0.3) is 17.2 Å². The van der Waals surface area contributed by atoms with E-state index in [-0.39, 0.29) is 5.91 Å². The summed E-state index contributed by atoms with van der Waals surface area (Å²) in [5, 5.41) is 8.16. The van der Waals surface area contributed by atoms with Gasteiger partial charge in [-0.15, -0.1) is 0 Å². The molecule has 3 aromatic rings. The molecular weight excluding hydrogens is 360 g/mol. The second kappa shape index (κ2) is 9.80. The molecule has 0 bridgehead atoms. The monoisotopic (exact) mass is 382 g/mol. The fraction of sp³-hybridized carbons (Fsp3) is 0.0417. The third kappa shape index (κ3) is 5.26. The largest absolute Gasteiger partial charge is 0.321 e. The van der Waals surface area contributed by atoms with Crippen molar-refractivity contribution in [1.82, 2.24) is 5.01 Å². The van der Waals surface area contributed by atoms with Crippen molar-refractivity contribution in [3.8, 4) is 11.1 Å². The van der Waals surface area contributed by atoms with Crippen molar-refractivity contribution in [3.05, 3.63) is 96.2 Å². The minimum absolute atomic E-state index is 0.305. The van der Waals surface area contributed by atoms with Gasteiger partial charge in [0.05, 0.1) is 0 Å². The summed E-state index contributed by atoms with van der Waals surface area (Å²) >= 11 is 0. The lowest BCUT2D eigenvalue weighted by Crippen LogP contribution is -2.26. The van der Waals surface area contributed by atoms with Crippen LogP contribution in [-0.4, -0.2) is 31.0 Å². The van der Waals surface area contributed by atoms with Gasteiger partial charge in [-0.3, -0.25) is 9.79 Å². The Labute approximate surface area is 170 Å². The van der Waals surface area contributed by atoms with Crippen LogP contribution >= 0.6 is 0 Å². The lowest BCUT2D eigenvalue weighted by molar-refractivity contribution is -0.113. The third-order valence-corrected chi connectivity index (χ3v) is 4.19. The van der Waals surface area contributed by atoms with Gasteiger partial charge >= 0.3 is 0 Å². The van der Waals surface area contributed by atoms with E-state index in [1.54, 1.807) is 13.1 Å². The maximum Gasteiger partial charge on any atom is 0.274 e. The van der Waals surface area contributed by atoms with E-state index in [2.05, 4.69) is 22.1 Å². The first kappa shape index (κ1) is 19.8. The Balaban J connectivity index is 1.98. The van der Waals surface area contributed by atoms with E-state index in [9.17, 15) is 4.79 Å². The number of carbonyl (C=O) groups is 1. The molecule has 5 nitrogen and oxygen atoms in total. The topological polar surface area (TPSA) is 57.1 Å². The number of rotatable bonds is 7. The van der Waals surface area contributed by atoms with Crippen LogP contribution in [0.5, 0.6) is 0 Å². The number of amides is 1. The highest BCUT2D eigenvalue weighted by atomic mass is 16.2. The highest BCUT2D eigenvalue weighted by molar-refractivity contribution is 6.07. The predicted molar refractivity (Wildman–Crippen MR) is 121 cm³/mol. The molecule has 0 heterocycles. The number of anilines is 1. The Morgan fingerprint density at radius 3 is 2.24 bits per heavy atom. The van der Waals surface area contributed by atoms with Crippen LogP contribution < -0.4 is 5.32 Å². The van der Waals surface area contributed by atoms with E-state index in [1.807, 2.05) is 84.9 Å². The van der Waals surface area contributed by atoms with E-state index in [0.29, 0.717) is 11.4 Å². The van der Waals surface area contributed by atoms with Crippen molar-refractivity contribution >= 4 is 30.7 Å². The van der Waals surface area contributed by atoms with Gasteiger partial charge in [0, 0.05) is 19.5 Å². The molecule has 1 amide bonds. The molecule has 3 aromatic carbocycles. The number of hydrogen-bond acceptors (Lipinski definition) is 3. The van der Waals surface area contributed by atoms with Gasteiger partial charge in [0.1, 0.15) is 12.0 Å². The van der Waals surface area contributed by atoms with E-state index < -0.39 is 0 Å². The van der Waals surface area contributed by atoms with Gasteiger partial charge in [-0.2, -0.15) is 5.10 Å². The Kier molecular flexibility index (Phi) is 6.68. The molecule has 0 aliphatic heterocycles. The zero-order valence-electron chi connectivity index (χ0n) is 16.2. The first-order valence-electron chi connectivity index (χ1n) is 9.13. The van der Waals surface area contributed by atoms with Crippen LogP contribution in [0.3, 0.4) is 0 Å². The summed E-state index contributed by atoms with van der Waals surface area (Å²) < 4.78 is 0. The van der Waals surface area contributed by atoms with Crippen LogP contribution in [0.1, 0.15) is 5.56 Å². The fourth-order valence-electron chi connectivity index (χ4n) is 2.83. The van der Waals surface area contributed by atoms with Gasteiger partial charge in [0.25, 0.3) is 5.91 Å². The summed E-state index contributed by atoms with van der Waals surface area (Å²) in [6.07, 6.45) is 3.21. The first-order valence-corrected chi connectivity index (χ1v) is 9.13. The molecule has 29 heavy (non-hydrogen) atoms. The Morgan fingerprint density at radius 1 is 0.931 bits per heavy atom. The molecule has 0 saturated carbocycles. The minimum Gasteiger partial charge on any atom is -0.321 e. The van der Waals surface area contributed by atoms with Crippen LogP contribution in [0.2, 0.25) is 0 Å². The normalized spacial score (nSPS) is 11.3. The molecule has 0 spiro atoms. The van der Waals surface area contributed by atoms with E-state index >= 15 is 0 Å². The SMILES string of the molecule is C=NN(C=NC)/C(=C\c1cccc(-c2ccccc2)c1)C(=O)Nc1ccccc1. The highest BCUT2D eigenvalue weighted by Crippen LogP contribution is 2.22. The Bertz CT molecular complexity index is 1030. The number of hydrogen-bond donors (Lipinski definition) is 1. The number of carbonyl (C=O) groups excluding carboxylic acids is 1. The van der Waals surface area contributed by atoms with E-state index in [4.69, 9.17) is 0 Å². The molecule has 0 aliphatic rings. The fourth-order valence-corrected chi connectivity index (χ4v) is 2.83. The molecule has 0 aromatic heterocycles. The molecule has 0 saturated heterocycles. The number of hydrazone groups is 1. The van der Waals surface area contributed by atoms with Gasteiger partial charge in [0.15, 0.2) is 0 Å². The average molecular weight is 382 g/mol. The predicted octanol–water partition coefficient (Wildman–Crippen LogP) is 4.91. The Morgan fingerprint density at radius 2 is 1.59 bits per heavy atom. The maximum absolute atomic E-state index is 13.0. The molecule has 144 valence electrons. The summed E-state index contributed by atoms with van der Waals surface area (Å²) in [4.78, 5) is 16.9. The van der Waals surface area contributed by atoms with Crippen molar-refractivity contribution in [2.75, 3.05) is 12.4 Å². The molecule has 3 rings (SSSR count). The quantitative estimate of drug-likeness (QED) is 0.273. The number of nitrogens with one attached hydrogen (secondary N) is 1. The van der Waals surface area contributed by atoms with Crippen LogP contribution in [0, 0.1) is 0 Å². The summed E-state index contributed by atoms with van der Waals surface area (Å²) in [6, 6.07) is 27.3. The molecule has 0 radical (unpaired) electrons. The zero-order valence-corrected chi connectivity index (χ0v) is 16.2.